The molecule has 6 nitrogen and oxygen atoms in total. The van der Waals surface area contributed by atoms with Crippen LogP contribution in [0.5, 0.6) is 5.75 Å². The molecule has 1 heterocycles. The van der Waals surface area contributed by atoms with Gasteiger partial charge < -0.3 is 14.8 Å². The van der Waals surface area contributed by atoms with E-state index in [9.17, 15) is 18.0 Å². The van der Waals surface area contributed by atoms with Crippen LogP contribution in [0.15, 0.2) is 30.5 Å². The summed E-state index contributed by atoms with van der Waals surface area (Å²) >= 11 is 5.76. The summed E-state index contributed by atoms with van der Waals surface area (Å²) in [6.45, 7) is 10.6. The first-order chi connectivity index (χ1) is 15.1. The number of hydrogen-bond acceptors (Lipinski definition) is 5. The number of carbonyl (C=O) groups excluding carboxylic acids is 1. The molecule has 0 aliphatic carbocycles. The predicted octanol–water partition coefficient (Wildman–Crippen LogP) is 6.52. The number of alkyl carbamates (subject to hydrolysis) is 1. The van der Waals surface area contributed by atoms with Crippen LogP contribution in [0.4, 0.5) is 18.0 Å². The van der Waals surface area contributed by atoms with E-state index in [-0.39, 0.29) is 34.8 Å². The maximum absolute atomic E-state index is 13.8. The molecular formula is C23H29ClF3N3O3. The lowest BCUT2D eigenvalue weighted by Gasteiger charge is -2.33. The zero-order valence-electron chi connectivity index (χ0n) is 19.5. The average Bonchev–Trinajstić information content (AvgIpc) is 2.63. The van der Waals surface area contributed by atoms with E-state index < -0.39 is 29.0 Å². The Hall–Kier alpha value is -2.55. The van der Waals surface area contributed by atoms with Crippen LogP contribution < -0.4 is 10.1 Å². The Bertz CT molecular complexity index is 977. The van der Waals surface area contributed by atoms with Crippen molar-refractivity contribution in [1.29, 1.82) is 0 Å². The van der Waals surface area contributed by atoms with Crippen LogP contribution >= 0.6 is 11.6 Å². The summed E-state index contributed by atoms with van der Waals surface area (Å²) in [7, 11) is 0. The van der Waals surface area contributed by atoms with Crippen LogP contribution in [0.1, 0.15) is 53.5 Å². The lowest BCUT2D eigenvalue weighted by Crippen LogP contribution is -2.47. The number of amides is 1. The highest BCUT2D eigenvalue weighted by Crippen LogP contribution is 2.39. The number of carbonyl (C=O) groups is 1. The molecule has 10 heteroatoms. The Balaban J connectivity index is 2.31. The second-order valence-corrected chi connectivity index (χ2v) is 9.86. The first kappa shape index (κ1) is 26.7. The summed E-state index contributed by atoms with van der Waals surface area (Å²) in [6.07, 6.45) is -3.59. The molecule has 1 aromatic heterocycles. The second-order valence-electron chi connectivity index (χ2n) is 9.52. The second kappa shape index (κ2) is 10.2. The van der Waals surface area contributed by atoms with Gasteiger partial charge in [0.25, 0.3) is 0 Å². The van der Waals surface area contributed by atoms with Crippen molar-refractivity contribution < 1.29 is 27.4 Å². The Morgan fingerprint density at radius 3 is 2.36 bits per heavy atom. The summed E-state index contributed by atoms with van der Waals surface area (Å²) in [4.78, 5) is 20.0. The van der Waals surface area contributed by atoms with Crippen molar-refractivity contribution in [3.05, 3.63) is 41.3 Å². The Morgan fingerprint density at radius 2 is 1.82 bits per heavy atom. The maximum Gasteiger partial charge on any atom is 0.419 e. The molecule has 0 saturated heterocycles. The lowest BCUT2D eigenvalue weighted by molar-refractivity contribution is -0.139. The first-order valence-electron chi connectivity index (χ1n) is 10.4. The van der Waals surface area contributed by atoms with Gasteiger partial charge in [-0.05, 0) is 75.9 Å². The van der Waals surface area contributed by atoms with Crippen molar-refractivity contribution in [3.63, 3.8) is 0 Å². The third-order valence-electron chi connectivity index (χ3n) is 4.40. The minimum absolute atomic E-state index is 0.0727. The lowest BCUT2D eigenvalue weighted by atomic mass is 9.94. The van der Waals surface area contributed by atoms with Gasteiger partial charge in [-0.1, -0.05) is 13.8 Å². The van der Waals surface area contributed by atoms with Crippen LogP contribution in [-0.2, 0) is 10.9 Å². The summed E-state index contributed by atoms with van der Waals surface area (Å²) in [5, 5.41) is 2.62. The zero-order valence-corrected chi connectivity index (χ0v) is 20.3. The van der Waals surface area contributed by atoms with E-state index in [2.05, 4.69) is 15.3 Å². The van der Waals surface area contributed by atoms with Gasteiger partial charge in [0.05, 0.1) is 11.3 Å². The first-order valence-corrected chi connectivity index (χ1v) is 10.8. The van der Waals surface area contributed by atoms with Gasteiger partial charge in [-0.15, -0.1) is 0 Å². The van der Waals surface area contributed by atoms with Crippen molar-refractivity contribution in [2.24, 2.45) is 5.92 Å². The van der Waals surface area contributed by atoms with E-state index in [4.69, 9.17) is 21.1 Å². The Kier molecular flexibility index (Phi) is 8.22. The molecule has 1 atom stereocenters. The molecule has 1 N–H and O–H groups in total. The standard InChI is InChI=1S/C23H29ClF3N3O3/c1-14(2)12-22(6,33-20(31)30-21(3,4)5)13-32-18-8-7-15(11-16(18)23(25,26)27)17-9-10-28-19(24)29-17/h7-11,14H,12-13H2,1-6H3,(H,30,31)/t22-/m0/s1. The number of aromatic nitrogens is 2. The highest BCUT2D eigenvalue weighted by Gasteiger charge is 2.37. The van der Waals surface area contributed by atoms with Crippen LogP contribution in [0.3, 0.4) is 0 Å². The van der Waals surface area contributed by atoms with E-state index in [0.29, 0.717) is 6.42 Å². The van der Waals surface area contributed by atoms with Gasteiger partial charge >= 0.3 is 12.3 Å². The summed E-state index contributed by atoms with van der Waals surface area (Å²) < 4.78 is 52.6. The molecular weight excluding hydrogens is 459 g/mol. The molecule has 0 fully saturated rings. The highest BCUT2D eigenvalue weighted by molar-refractivity contribution is 6.28. The predicted molar refractivity (Wildman–Crippen MR) is 120 cm³/mol. The van der Waals surface area contributed by atoms with Gasteiger partial charge in [-0.25, -0.2) is 14.8 Å². The number of alkyl halides is 3. The monoisotopic (exact) mass is 487 g/mol. The van der Waals surface area contributed by atoms with E-state index in [1.54, 1.807) is 27.7 Å². The normalized spacial score (nSPS) is 14.0. The van der Waals surface area contributed by atoms with Crippen molar-refractivity contribution >= 4 is 17.7 Å². The molecule has 33 heavy (non-hydrogen) atoms. The molecule has 0 unspecified atom stereocenters. The molecule has 2 aromatic rings. The van der Waals surface area contributed by atoms with Crippen LogP contribution in [0.2, 0.25) is 5.28 Å². The van der Waals surface area contributed by atoms with Gasteiger partial charge in [-0.2, -0.15) is 13.2 Å². The fraction of sp³-hybridized carbons (Fsp3) is 0.522. The Morgan fingerprint density at radius 1 is 1.15 bits per heavy atom. The van der Waals surface area contributed by atoms with Gasteiger partial charge in [-0.3, -0.25) is 0 Å². The minimum atomic E-state index is -4.68. The molecule has 0 saturated carbocycles. The highest BCUT2D eigenvalue weighted by atomic mass is 35.5. The largest absolute Gasteiger partial charge is 0.489 e. The molecule has 0 aliphatic rings. The van der Waals surface area contributed by atoms with Crippen molar-refractivity contribution in [3.8, 4) is 17.0 Å². The third kappa shape index (κ3) is 8.38. The van der Waals surface area contributed by atoms with E-state index in [0.717, 1.165) is 6.07 Å². The van der Waals surface area contributed by atoms with Gasteiger partial charge in [0.1, 0.15) is 18.0 Å². The van der Waals surface area contributed by atoms with Gasteiger partial charge in [0.15, 0.2) is 0 Å². The number of nitrogens with zero attached hydrogens (tertiary/aromatic N) is 2. The molecule has 0 spiro atoms. The van der Waals surface area contributed by atoms with Crippen LogP contribution in [0, 0.1) is 5.92 Å². The van der Waals surface area contributed by atoms with Crippen molar-refractivity contribution in [1.82, 2.24) is 15.3 Å². The average molecular weight is 488 g/mol. The van der Waals surface area contributed by atoms with Crippen LogP contribution in [0.25, 0.3) is 11.3 Å². The fourth-order valence-corrected chi connectivity index (χ4v) is 3.46. The molecule has 1 amide bonds. The van der Waals surface area contributed by atoms with Crippen molar-refractivity contribution in [2.45, 2.75) is 65.3 Å². The number of nitrogens with one attached hydrogen (secondary N) is 1. The molecule has 1 aromatic carbocycles. The van der Waals surface area contributed by atoms with E-state index in [1.165, 1.54) is 24.4 Å². The van der Waals surface area contributed by atoms with Gasteiger partial charge in [0, 0.05) is 17.3 Å². The summed E-state index contributed by atoms with van der Waals surface area (Å²) in [5.41, 5.74) is -2.19. The molecule has 0 radical (unpaired) electrons. The Labute approximate surface area is 196 Å². The topological polar surface area (TPSA) is 73.3 Å². The molecule has 0 aliphatic heterocycles. The zero-order chi connectivity index (χ0) is 25.0. The summed E-state index contributed by atoms with van der Waals surface area (Å²) in [6, 6.07) is 5.08. The number of ether oxygens (including phenoxy) is 2. The number of halogens is 4. The van der Waals surface area contributed by atoms with Crippen LogP contribution in [-0.4, -0.2) is 33.8 Å². The minimum Gasteiger partial charge on any atom is -0.489 e. The molecule has 0 bridgehead atoms. The van der Waals surface area contributed by atoms with E-state index >= 15 is 0 Å². The number of rotatable bonds is 7. The maximum atomic E-state index is 13.8. The van der Waals surface area contributed by atoms with Gasteiger partial charge in [0.2, 0.25) is 5.28 Å². The SMILES string of the molecule is CC(C)C[C@@](C)(COc1ccc(-c2ccnc(Cl)n2)cc1C(F)(F)F)OC(=O)NC(C)(C)C. The molecule has 182 valence electrons. The molecule has 2 rings (SSSR count). The summed E-state index contributed by atoms with van der Waals surface area (Å²) in [5.74, 6) is -0.269. The van der Waals surface area contributed by atoms with Crippen molar-refractivity contribution in [2.75, 3.05) is 6.61 Å². The fourth-order valence-electron chi connectivity index (χ4n) is 3.31. The third-order valence-corrected chi connectivity index (χ3v) is 4.58. The smallest absolute Gasteiger partial charge is 0.419 e. The number of hydrogen-bond donors (Lipinski definition) is 1. The number of benzene rings is 1. The quantitative estimate of drug-likeness (QED) is 0.450. The van der Waals surface area contributed by atoms with E-state index in [1.807, 2.05) is 13.8 Å².